The molecule has 2 atom stereocenters. The monoisotopic (exact) mass is 267 g/mol. The van der Waals surface area contributed by atoms with Gasteiger partial charge in [-0.3, -0.25) is 0 Å². The summed E-state index contributed by atoms with van der Waals surface area (Å²) in [5.74, 6) is 1.50. The molecule has 2 nitrogen and oxygen atoms in total. The Morgan fingerprint density at radius 1 is 1.15 bits per heavy atom. The van der Waals surface area contributed by atoms with E-state index in [1.54, 1.807) is 0 Å². The van der Waals surface area contributed by atoms with E-state index in [0.29, 0.717) is 12.0 Å². The van der Waals surface area contributed by atoms with Crippen LogP contribution in [-0.2, 0) is 0 Å². The number of ether oxygens (including phenoxy) is 1. The topological polar surface area (TPSA) is 21.3 Å². The lowest BCUT2D eigenvalue weighted by molar-refractivity contribution is 0.248. The molecule has 0 saturated heterocycles. The summed E-state index contributed by atoms with van der Waals surface area (Å²) in [4.78, 5) is 0. The highest BCUT2D eigenvalue weighted by Gasteiger charge is 2.28. The van der Waals surface area contributed by atoms with Crippen LogP contribution in [0.3, 0.4) is 0 Å². The van der Waals surface area contributed by atoms with Crippen molar-refractivity contribution in [2.45, 2.75) is 25.3 Å². The van der Waals surface area contributed by atoms with Crippen LogP contribution in [0.2, 0.25) is 0 Å². The molecule has 1 aliphatic heterocycles. The first kappa shape index (κ1) is 13.2. The Kier molecular flexibility index (Phi) is 3.75. The maximum atomic E-state index is 5.78. The van der Waals surface area contributed by atoms with E-state index in [0.717, 1.165) is 18.8 Å². The van der Waals surface area contributed by atoms with E-state index < -0.39 is 0 Å². The number of rotatable bonds is 3. The molecule has 0 aliphatic carbocycles. The molecule has 0 saturated carbocycles. The van der Waals surface area contributed by atoms with Gasteiger partial charge in [0.25, 0.3) is 0 Å². The smallest absolute Gasteiger partial charge is 0.122 e. The summed E-state index contributed by atoms with van der Waals surface area (Å²) in [6.07, 6.45) is 1.05. The van der Waals surface area contributed by atoms with Gasteiger partial charge in [0, 0.05) is 12.0 Å². The zero-order chi connectivity index (χ0) is 13.9. The SMILES string of the molecule is CNC(c1cccc(C)c1)C1CCOc2ccccc21. The first-order valence-electron chi connectivity index (χ1n) is 7.25. The van der Waals surface area contributed by atoms with E-state index in [9.17, 15) is 0 Å². The van der Waals surface area contributed by atoms with Gasteiger partial charge in [-0.2, -0.15) is 0 Å². The summed E-state index contributed by atoms with van der Waals surface area (Å²) < 4.78 is 5.78. The van der Waals surface area contributed by atoms with Gasteiger partial charge >= 0.3 is 0 Å². The average Bonchev–Trinajstić information content (AvgIpc) is 2.48. The number of benzene rings is 2. The molecule has 1 N–H and O–H groups in total. The Hall–Kier alpha value is -1.80. The van der Waals surface area contributed by atoms with Crippen molar-refractivity contribution in [2.75, 3.05) is 13.7 Å². The third-order valence-corrected chi connectivity index (χ3v) is 4.12. The quantitative estimate of drug-likeness (QED) is 0.912. The van der Waals surface area contributed by atoms with Crippen molar-refractivity contribution in [3.8, 4) is 5.75 Å². The molecular formula is C18H21NO. The molecule has 2 aromatic carbocycles. The lowest BCUT2D eigenvalue weighted by atomic mass is 9.83. The van der Waals surface area contributed by atoms with Crippen molar-refractivity contribution in [1.29, 1.82) is 0 Å². The molecule has 0 fully saturated rings. The lowest BCUT2D eigenvalue weighted by Crippen LogP contribution is -2.28. The summed E-state index contributed by atoms with van der Waals surface area (Å²) in [5.41, 5.74) is 3.98. The van der Waals surface area contributed by atoms with Gasteiger partial charge in [0.15, 0.2) is 0 Å². The maximum absolute atomic E-state index is 5.78. The van der Waals surface area contributed by atoms with Crippen molar-refractivity contribution >= 4 is 0 Å². The number of likely N-dealkylation sites (N-methyl/N-ethyl adjacent to an activating group) is 1. The van der Waals surface area contributed by atoms with E-state index >= 15 is 0 Å². The second-order valence-corrected chi connectivity index (χ2v) is 5.46. The van der Waals surface area contributed by atoms with Gasteiger partial charge in [-0.05, 0) is 37.6 Å². The van der Waals surface area contributed by atoms with Crippen LogP contribution in [0.1, 0.15) is 35.1 Å². The maximum Gasteiger partial charge on any atom is 0.122 e. The number of hydrogen-bond donors (Lipinski definition) is 1. The molecular weight excluding hydrogens is 246 g/mol. The highest BCUT2D eigenvalue weighted by Crippen LogP contribution is 2.41. The van der Waals surface area contributed by atoms with Gasteiger partial charge in [-0.25, -0.2) is 0 Å². The molecule has 0 bridgehead atoms. The molecule has 2 aromatic rings. The molecule has 1 heterocycles. The zero-order valence-corrected chi connectivity index (χ0v) is 12.1. The van der Waals surface area contributed by atoms with E-state index in [-0.39, 0.29) is 0 Å². The molecule has 2 heteroatoms. The molecule has 0 amide bonds. The Morgan fingerprint density at radius 3 is 2.80 bits per heavy atom. The largest absolute Gasteiger partial charge is 0.493 e. The third kappa shape index (κ3) is 2.44. The highest BCUT2D eigenvalue weighted by molar-refractivity contribution is 5.40. The van der Waals surface area contributed by atoms with Gasteiger partial charge in [-0.1, -0.05) is 48.0 Å². The normalized spacial score (nSPS) is 19.0. The van der Waals surface area contributed by atoms with Crippen molar-refractivity contribution in [3.05, 3.63) is 65.2 Å². The van der Waals surface area contributed by atoms with Crippen LogP contribution in [0.25, 0.3) is 0 Å². The van der Waals surface area contributed by atoms with Gasteiger partial charge in [-0.15, -0.1) is 0 Å². The molecule has 3 rings (SSSR count). The number of nitrogens with one attached hydrogen (secondary N) is 1. The molecule has 104 valence electrons. The minimum Gasteiger partial charge on any atom is -0.493 e. The molecule has 20 heavy (non-hydrogen) atoms. The minimum atomic E-state index is 0.333. The number of aryl methyl sites for hydroxylation is 1. The van der Waals surface area contributed by atoms with E-state index in [4.69, 9.17) is 4.74 Å². The number of hydrogen-bond acceptors (Lipinski definition) is 2. The fourth-order valence-corrected chi connectivity index (χ4v) is 3.18. The van der Waals surface area contributed by atoms with Crippen LogP contribution < -0.4 is 10.1 Å². The number of para-hydroxylation sites is 1. The fourth-order valence-electron chi connectivity index (χ4n) is 3.18. The second-order valence-electron chi connectivity index (χ2n) is 5.46. The summed E-state index contributed by atoms with van der Waals surface area (Å²) >= 11 is 0. The molecule has 0 spiro atoms. The summed E-state index contributed by atoms with van der Waals surface area (Å²) in [5, 5.41) is 3.50. The predicted molar refractivity (Wildman–Crippen MR) is 82.3 cm³/mol. The van der Waals surface area contributed by atoms with Crippen LogP contribution in [0.5, 0.6) is 5.75 Å². The van der Waals surface area contributed by atoms with Crippen molar-refractivity contribution in [2.24, 2.45) is 0 Å². The molecule has 0 radical (unpaired) electrons. The van der Waals surface area contributed by atoms with Gasteiger partial charge in [0.1, 0.15) is 5.75 Å². The van der Waals surface area contributed by atoms with Crippen LogP contribution in [0.15, 0.2) is 48.5 Å². The van der Waals surface area contributed by atoms with E-state index in [2.05, 4.69) is 54.7 Å². The van der Waals surface area contributed by atoms with Crippen LogP contribution in [0, 0.1) is 6.92 Å². The minimum absolute atomic E-state index is 0.333. The summed E-state index contributed by atoms with van der Waals surface area (Å²) in [7, 11) is 2.05. The first-order chi connectivity index (χ1) is 9.79. The predicted octanol–water partition coefficient (Wildman–Crippen LogP) is 3.82. The van der Waals surface area contributed by atoms with Crippen molar-refractivity contribution in [3.63, 3.8) is 0 Å². The second kappa shape index (κ2) is 5.68. The fraction of sp³-hybridized carbons (Fsp3) is 0.333. The van der Waals surface area contributed by atoms with Gasteiger partial charge < -0.3 is 10.1 Å². The molecule has 1 aliphatic rings. The van der Waals surface area contributed by atoms with Gasteiger partial charge in [0.05, 0.1) is 6.61 Å². The summed E-state index contributed by atoms with van der Waals surface area (Å²) in [6, 6.07) is 17.5. The Labute approximate surface area is 120 Å². The standard InChI is InChI=1S/C18H21NO/c1-13-6-5-7-14(12-13)18(19-2)16-10-11-20-17-9-4-3-8-15(16)17/h3-9,12,16,18-19H,10-11H2,1-2H3. The zero-order valence-electron chi connectivity index (χ0n) is 12.1. The number of fused-ring (bicyclic) bond motifs is 1. The highest BCUT2D eigenvalue weighted by atomic mass is 16.5. The van der Waals surface area contributed by atoms with Crippen molar-refractivity contribution in [1.82, 2.24) is 5.32 Å². The third-order valence-electron chi connectivity index (χ3n) is 4.12. The van der Waals surface area contributed by atoms with Crippen LogP contribution >= 0.6 is 0 Å². The Morgan fingerprint density at radius 2 is 2.00 bits per heavy atom. The van der Waals surface area contributed by atoms with E-state index in [1.807, 2.05) is 13.1 Å². The lowest BCUT2D eigenvalue weighted by Gasteiger charge is -2.32. The first-order valence-corrected chi connectivity index (χ1v) is 7.25. The Balaban J connectivity index is 1.99. The van der Waals surface area contributed by atoms with E-state index in [1.165, 1.54) is 16.7 Å². The van der Waals surface area contributed by atoms with Crippen molar-refractivity contribution < 1.29 is 4.74 Å². The van der Waals surface area contributed by atoms with Crippen LogP contribution in [0.4, 0.5) is 0 Å². The molecule has 0 aromatic heterocycles. The Bertz CT molecular complexity index is 593. The average molecular weight is 267 g/mol. The van der Waals surface area contributed by atoms with Gasteiger partial charge in [0.2, 0.25) is 0 Å². The molecule has 2 unspecified atom stereocenters. The van der Waals surface area contributed by atoms with Crippen LogP contribution in [-0.4, -0.2) is 13.7 Å². The summed E-state index contributed by atoms with van der Waals surface area (Å²) in [6.45, 7) is 2.94.